The van der Waals surface area contributed by atoms with E-state index >= 15 is 0 Å². The van der Waals surface area contributed by atoms with E-state index < -0.39 is 24.9 Å². The van der Waals surface area contributed by atoms with Gasteiger partial charge in [0.2, 0.25) is 0 Å². The van der Waals surface area contributed by atoms with Gasteiger partial charge in [-0.25, -0.2) is 13.2 Å². The van der Waals surface area contributed by atoms with Crippen LogP contribution in [0.5, 0.6) is 0 Å². The fourth-order valence-electron chi connectivity index (χ4n) is 0.320. The molecule has 0 amide bonds. The van der Waals surface area contributed by atoms with Crippen LogP contribution in [0.1, 0.15) is 0 Å². The molecule has 0 rings (SSSR count). The molecule has 0 aromatic heterocycles. The molecule has 0 aromatic carbocycles. The van der Waals surface area contributed by atoms with Gasteiger partial charge < -0.3 is 5.11 Å². The lowest BCUT2D eigenvalue weighted by Crippen LogP contribution is -2.44. The van der Waals surface area contributed by atoms with Gasteiger partial charge in [0, 0.05) is 0 Å². The van der Waals surface area contributed by atoms with E-state index in [0.717, 1.165) is 0 Å². The summed E-state index contributed by atoms with van der Waals surface area (Å²) < 4.78 is 68.5. The van der Waals surface area contributed by atoms with Gasteiger partial charge in [-0.15, -0.1) is 0 Å². The SMILES string of the molecule is OCC(F)(F)[C@H](F)C(F)(F)F. The molecule has 0 spiro atoms. The Morgan fingerprint density at radius 2 is 1.45 bits per heavy atom. The monoisotopic (exact) mass is 182 g/mol. The van der Waals surface area contributed by atoms with E-state index in [2.05, 4.69) is 0 Å². The van der Waals surface area contributed by atoms with Crippen molar-refractivity contribution in [3.63, 3.8) is 0 Å². The molecule has 0 aromatic rings. The number of aliphatic hydroxyl groups is 1. The molecule has 0 aliphatic carbocycles. The minimum Gasteiger partial charge on any atom is -0.390 e. The lowest BCUT2D eigenvalue weighted by atomic mass is 10.2. The van der Waals surface area contributed by atoms with Crippen molar-refractivity contribution in [1.29, 1.82) is 0 Å². The average Bonchev–Trinajstić information content (AvgIpc) is 1.84. The molecule has 0 aliphatic heterocycles. The van der Waals surface area contributed by atoms with E-state index in [9.17, 15) is 26.3 Å². The summed E-state index contributed by atoms with van der Waals surface area (Å²) in [7, 11) is 0. The minimum atomic E-state index is -5.63. The molecule has 0 saturated heterocycles. The largest absolute Gasteiger partial charge is 0.425 e. The average molecular weight is 182 g/mol. The van der Waals surface area contributed by atoms with Gasteiger partial charge in [-0.1, -0.05) is 0 Å². The summed E-state index contributed by atoms with van der Waals surface area (Å²) in [6.07, 6.45) is -9.94. The van der Waals surface area contributed by atoms with Crippen molar-refractivity contribution in [3.8, 4) is 0 Å². The zero-order valence-electron chi connectivity index (χ0n) is 5.00. The van der Waals surface area contributed by atoms with Crippen molar-refractivity contribution in [2.75, 3.05) is 6.61 Å². The highest BCUT2D eigenvalue weighted by Crippen LogP contribution is 2.34. The molecule has 11 heavy (non-hydrogen) atoms. The van der Waals surface area contributed by atoms with Crippen LogP contribution in [0.25, 0.3) is 0 Å². The van der Waals surface area contributed by atoms with E-state index in [1.165, 1.54) is 0 Å². The van der Waals surface area contributed by atoms with Gasteiger partial charge in [-0.2, -0.15) is 13.2 Å². The smallest absolute Gasteiger partial charge is 0.390 e. The van der Waals surface area contributed by atoms with Gasteiger partial charge in [0.15, 0.2) is 0 Å². The van der Waals surface area contributed by atoms with Crippen LogP contribution in [0.15, 0.2) is 0 Å². The number of hydrogen-bond donors (Lipinski definition) is 1. The van der Waals surface area contributed by atoms with Crippen LogP contribution in [0.3, 0.4) is 0 Å². The first kappa shape index (κ1) is 10.5. The highest BCUT2D eigenvalue weighted by Gasteiger charge is 2.56. The summed E-state index contributed by atoms with van der Waals surface area (Å²) in [5.41, 5.74) is 0. The normalized spacial score (nSPS) is 16.6. The van der Waals surface area contributed by atoms with Crippen LogP contribution in [0.4, 0.5) is 26.3 Å². The van der Waals surface area contributed by atoms with Crippen molar-refractivity contribution < 1.29 is 31.4 Å². The predicted octanol–water partition coefficient (Wildman–Crippen LogP) is 1.51. The van der Waals surface area contributed by atoms with Gasteiger partial charge in [-0.05, 0) is 0 Å². The second kappa shape index (κ2) is 2.88. The Labute approximate surface area is 57.6 Å². The summed E-state index contributed by atoms with van der Waals surface area (Å²) in [6, 6.07) is 0. The standard InChI is InChI=1S/C4H4F6O/c5-2(4(8,9)10)3(6,7)1-11/h2,11H,1H2/t2-/m0/s1. The van der Waals surface area contributed by atoms with Crippen LogP contribution in [-0.4, -0.2) is 30.0 Å². The number of halogens is 6. The Morgan fingerprint density at radius 1 is 1.09 bits per heavy atom. The lowest BCUT2D eigenvalue weighted by molar-refractivity contribution is -0.251. The van der Waals surface area contributed by atoms with Crippen molar-refractivity contribution in [3.05, 3.63) is 0 Å². The fourth-order valence-corrected chi connectivity index (χ4v) is 0.320. The first-order valence-electron chi connectivity index (χ1n) is 2.41. The quantitative estimate of drug-likeness (QED) is 0.642. The van der Waals surface area contributed by atoms with Crippen molar-refractivity contribution in [2.24, 2.45) is 0 Å². The Morgan fingerprint density at radius 3 is 1.55 bits per heavy atom. The molecule has 0 bridgehead atoms. The van der Waals surface area contributed by atoms with Gasteiger partial charge in [-0.3, -0.25) is 0 Å². The number of rotatable bonds is 2. The molecular weight excluding hydrogens is 178 g/mol. The molecule has 1 atom stereocenters. The zero-order chi connectivity index (χ0) is 9.28. The predicted molar refractivity (Wildman–Crippen MR) is 23.0 cm³/mol. The molecule has 0 fully saturated rings. The molecule has 0 aliphatic rings. The molecule has 0 heterocycles. The molecule has 0 radical (unpaired) electrons. The van der Waals surface area contributed by atoms with Crippen molar-refractivity contribution in [1.82, 2.24) is 0 Å². The van der Waals surface area contributed by atoms with Crippen molar-refractivity contribution >= 4 is 0 Å². The van der Waals surface area contributed by atoms with E-state index in [-0.39, 0.29) is 0 Å². The molecule has 1 N–H and O–H groups in total. The lowest BCUT2D eigenvalue weighted by Gasteiger charge is -2.19. The van der Waals surface area contributed by atoms with Crippen LogP contribution < -0.4 is 0 Å². The van der Waals surface area contributed by atoms with Crippen molar-refractivity contribution in [2.45, 2.75) is 18.3 Å². The summed E-state index contributed by atoms with van der Waals surface area (Å²) in [5.74, 6) is -4.75. The van der Waals surface area contributed by atoms with E-state index in [1.54, 1.807) is 0 Å². The second-order valence-electron chi connectivity index (χ2n) is 1.82. The topological polar surface area (TPSA) is 20.2 Å². The van der Waals surface area contributed by atoms with E-state index in [4.69, 9.17) is 5.11 Å². The number of alkyl halides is 6. The van der Waals surface area contributed by atoms with Crippen LogP contribution in [0.2, 0.25) is 0 Å². The van der Waals surface area contributed by atoms with Crippen LogP contribution >= 0.6 is 0 Å². The highest BCUT2D eigenvalue weighted by molar-refractivity contribution is 4.81. The zero-order valence-corrected chi connectivity index (χ0v) is 5.00. The molecule has 1 nitrogen and oxygen atoms in total. The third-order valence-corrected chi connectivity index (χ3v) is 0.869. The summed E-state index contributed by atoms with van der Waals surface area (Å²) in [5, 5.41) is 7.64. The highest BCUT2D eigenvalue weighted by atomic mass is 19.4. The van der Waals surface area contributed by atoms with Gasteiger partial charge in [0.25, 0.3) is 6.17 Å². The number of hydrogen-bond acceptors (Lipinski definition) is 1. The van der Waals surface area contributed by atoms with E-state index in [1.807, 2.05) is 0 Å². The second-order valence-corrected chi connectivity index (χ2v) is 1.82. The summed E-state index contributed by atoms with van der Waals surface area (Å²) in [6.45, 7) is -2.16. The van der Waals surface area contributed by atoms with Crippen LogP contribution in [-0.2, 0) is 0 Å². The Hall–Kier alpha value is -0.460. The van der Waals surface area contributed by atoms with Gasteiger partial charge in [0.05, 0.1) is 0 Å². The summed E-state index contributed by atoms with van der Waals surface area (Å²) >= 11 is 0. The first-order chi connectivity index (χ1) is 4.72. The van der Waals surface area contributed by atoms with E-state index in [0.29, 0.717) is 0 Å². The molecular formula is C4H4F6O. The third-order valence-electron chi connectivity index (χ3n) is 0.869. The molecule has 7 heteroatoms. The Bertz CT molecular complexity index is 129. The maximum atomic E-state index is 11.7. The van der Waals surface area contributed by atoms with Gasteiger partial charge >= 0.3 is 12.1 Å². The maximum absolute atomic E-state index is 11.7. The number of aliphatic hydroxyl groups excluding tert-OH is 1. The minimum absolute atomic E-state index is 2.16. The van der Waals surface area contributed by atoms with Crippen LogP contribution in [0, 0.1) is 0 Å². The molecule has 0 unspecified atom stereocenters. The molecule has 0 saturated carbocycles. The molecule has 68 valence electrons. The Kier molecular flexibility index (Phi) is 2.76. The third kappa shape index (κ3) is 2.57. The maximum Gasteiger partial charge on any atom is 0.425 e. The summed E-state index contributed by atoms with van der Waals surface area (Å²) in [4.78, 5) is 0. The van der Waals surface area contributed by atoms with Gasteiger partial charge in [0.1, 0.15) is 6.61 Å². The fraction of sp³-hybridized carbons (Fsp3) is 1.00. The first-order valence-corrected chi connectivity index (χ1v) is 2.41. The Balaban J connectivity index is 4.35.